The number of hydrogen-bond donors (Lipinski definition) is 2. The number of anilines is 2. The van der Waals surface area contributed by atoms with Gasteiger partial charge >= 0.3 is 0 Å². The Bertz CT molecular complexity index is 1100. The Morgan fingerprint density at radius 1 is 1.23 bits per heavy atom. The molecule has 2 heterocycles. The normalized spacial score (nSPS) is 15.0. The van der Waals surface area contributed by atoms with Crippen LogP contribution in [-0.2, 0) is 20.9 Å². The highest BCUT2D eigenvalue weighted by Gasteiger charge is 2.37. The number of nitrogens with zero attached hydrogens (tertiary/aromatic N) is 2. The third kappa shape index (κ3) is 4.12. The lowest BCUT2D eigenvalue weighted by molar-refractivity contribution is -0.123. The molecular formula is C21H18BrClN4O3. The molecule has 2 N–H and O–H groups in total. The number of hydrogen-bond acceptors (Lipinski definition) is 4. The van der Waals surface area contributed by atoms with Crippen molar-refractivity contribution in [2.45, 2.75) is 19.1 Å². The summed E-state index contributed by atoms with van der Waals surface area (Å²) in [6, 6.07) is 13.8. The van der Waals surface area contributed by atoms with E-state index in [1.807, 2.05) is 24.3 Å². The van der Waals surface area contributed by atoms with Gasteiger partial charge in [-0.2, -0.15) is 5.10 Å². The molecule has 0 spiro atoms. The Labute approximate surface area is 186 Å². The van der Waals surface area contributed by atoms with Crippen molar-refractivity contribution in [2.75, 3.05) is 17.7 Å². The van der Waals surface area contributed by atoms with E-state index in [4.69, 9.17) is 16.3 Å². The fourth-order valence-corrected chi connectivity index (χ4v) is 3.79. The summed E-state index contributed by atoms with van der Waals surface area (Å²) in [7, 11) is 1.58. The van der Waals surface area contributed by atoms with Gasteiger partial charge in [-0.15, -0.1) is 0 Å². The molecule has 2 aromatic carbocycles. The van der Waals surface area contributed by atoms with E-state index < -0.39 is 6.04 Å². The predicted molar refractivity (Wildman–Crippen MR) is 118 cm³/mol. The van der Waals surface area contributed by atoms with Gasteiger partial charge in [0.1, 0.15) is 11.9 Å². The zero-order valence-corrected chi connectivity index (χ0v) is 18.3. The second kappa shape index (κ2) is 8.59. The lowest BCUT2D eigenvalue weighted by atomic mass is 10.1. The van der Waals surface area contributed by atoms with Crippen LogP contribution >= 0.6 is 27.5 Å². The molecule has 1 aliphatic rings. The van der Waals surface area contributed by atoms with Crippen molar-refractivity contribution < 1.29 is 14.3 Å². The molecule has 0 radical (unpaired) electrons. The largest absolute Gasteiger partial charge is 0.378 e. The predicted octanol–water partition coefficient (Wildman–Crippen LogP) is 4.63. The molecule has 3 aromatic rings. The molecule has 154 valence electrons. The molecule has 1 aromatic heterocycles. The lowest BCUT2D eigenvalue weighted by Gasteiger charge is -2.10. The number of ether oxygens (including phenoxy) is 1. The van der Waals surface area contributed by atoms with Crippen LogP contribution in [0.3, 0.4) is 0 Å². The quantitative estimate of drug-likeness (QED) is 0.528. The summed E-state index contributed by atoms with van der Waals surface area (Å²) >= 11 is 9.37. The number of carbonyl (C=O) groups is 2. The molecule has 0 fully saturated rings. The van der Waals surface area contributed by atoms with E-state index in [0.29, 0.717) is 22.2 Å². The van der Waals surface area contributed by atoms with Crippen LogP contribution in [0.25, 0.3) is 11.1 Å². The van der Waals surface area contributed by atoms with Crippen LogP contribution in [0, 0.1) is 0 Å². The van der Waals surface area contributed by atoms with Crippen LogP contribution in [0.5, 0.6) is 0 Å². The van der Waals surface area contributed by atoms with Gasteiger partial charge in [-0.3, -0.25) is 9.59 Å². The maximum atomic E-state index is 12.6. The van der Waals surface area contributed by atoms with Crippen molar-refractivity contribution in [2.24, 2.45) is 0 Å². The Hall–Kier alpha value is -2.68. The van der Waals surface area contributed by atoms with Gasteiger partial charge in [0.2, 0.25) is 5.91 Å². The standard InChI is InChI=1S/C21H18BrClN4O3/c1-30-11-16-19(12-2-6-14(23)7-3-12)20-25-21(29)17(27(20)26-16)10-18(28)24-15-8-4-13(22)5-9-15/h2-9,17H,10-11H2,1H3,(H,24,28)(H,25,29). The minimum Gasteiger partial charge on any atom is -0.378 e. The molecule has 2 amide bonds. The van der Waals surface area contributed by atoms with Crippen molar-refractivity contribution >= 4 is 50.9 Å². The van der Waals surface area contributed by atoms with E-state index in [0.717, 1.165) is 15.6 Å². The van der Waals surface area contributed by atoms with Crippen molar-refractivity contribution in [3.63, 3.8) is 0 Å². The first-order valence-corrected chi connectivity index (χ1v) is 10.4. The summed E-state index contributed by atoms with van der Waals surface area (Å²) in [4.78, 5) is 25.2. The second-order valence-electron chi connectivity index (χ2n) is 6.82. The lowest BCUT2D eigenvalue weighted by Crippen LogP contribution is -2.24. The van der Waals surface area contributed by atoms with E-state index in [9.17, 15) is 9.59 Å². The Morgan fingerprint density at radius 3 is 2.60 bits per heavy atom. The topological polar surface area (TPSA) is 85.2 Å². The third-order valence-electron chi connectivity index (χ3n) is 4.74. The maximum absolute atomic E-state index is 12.6. The van der Waals surface area contributed by atoms with Crippen LogP contribution in [0.2, 0.25) is 5.02 Å². The highest BCUT2D eigenvalue weighted by molar-refractivity contribution is 9.10. The second-order valence-corrected chi connectivity index (χ2v) is 8.17. The van der Waals surface area contributed by atoms with E-state index in [-0.39, 0.29) is 24.8 Å². The Morgan fingerprint density at radius 2 is 1.93 bits per heavy atom. The summed E-state index contributed by atoms with van der Waals surface area (Å²) in [5, 5.41) is 10.9. The number of methoxy groups -OCH3 is 1. The number of halogens is 2. The minimum absolute atomic E-state index is 0.0386. The summed E-state index contributed by atoms with van der Waals surface area (Å²) in [6.45, 7) is 0.269. The van der Waals surface area contributed by atoms with Gasteiger partial charge in [-0.05, 0) is 42.0 Å². The summed E-state index contributed by atoms with van der Waals surface area (Å²) in [6.07, 6.45) is -0.0386. The number of carbonyl (C=O) groups excluding carboxylic acids is 2. The molecular weight excluding hydrogens is 472 g/mol. The fraction of sp³-hybridized carbons (Fsp3) is 0.190. The number of rotatable bonds is 6. The van der Waals surface area contributed by atoms with Gasteiger partial charge in [0, 0.05) is 27.9 Å². The van der Waals surface area contributed by atoms with Crippen LogP contribution in [0.15, 0.2) is 53.0 Å². The van der Waals surface area contributed by atoms with Gasteiger partial charge in [0.05, 0.1) is 18.7 Å². The van der Waals surface area contributed by atoms with Gasteiger partial charge in [-0.25, -0.2) is 4.68 Å². The van der Waals surface area contributed by atoms with E-state index in [1.54, 1.807) is 36.1 Å². The SMILES string of the molecule is COCc1nn2c(c1-c1ccc(Cl)cc1)NC(=O)C2CC(=O)Nc1ccc(Br)cc1. The van der Waals surface area contributed by atoms with E-state index >= 15 is 0 Å². The molecule has 0 saturated heterocycles. The molecule has 1 aliphatic heterocycles. The highest BCUT2D eigenvalue weighted by Crippen LogP contribution is 2.39. The molecule has 0 aliphatic carbocycles. The van der Waals surface area contributed by atoms with Gasteiger partial charge in [0.25, 0.3) is 5.91 Å². The molecule has 0 bridgehead atoms. The third-order valence-corrected chi connectivity index (χ3v) is 5.52. The minimum atomic E-state index is -0.743. The fourth-order valence-electron chi connectivity index (χ4n) is 3.40. The smallest absolute Gasteiger partial charge is 0.251 e. The molecule has 1 unspecified atom stereocenters. The molecule has 1 atom stereocenters. The van der Waals surface area contributed by atoms with Crippen molar-refractivity contribution in [3.8, 4) is 11.1 Å². The first kappa shape index (κ1) is 20.6. The molecule has 4 rings (SSSR count). The average Bonchev–Trinajstić information content (AvgIpc) is 3.20. The molecule has 0 saturated carbocycles. The highest BCUT2D eigenvalue weighted by atomic mass is 79.9. The molecule has 30 heavy (non-hydrogen) atoms. The summed E-state index contributed by atoms with van der Waals surface area (Å²) in [5.74, 6) is 0.000563. The molecule has 9 heteroatoms. The van der Waals surface area contributed by atoms with Gasteiger partial charge < -0.3 is 15.4 Å². The number of nitrogens with one attached hydrogen (secondary N) is 2. The van der Waals surface area contributed by atoms with E-state index in [1.165, 1.54) is 0 Å². The van der Waals surface area contributed by atoms with Crippen LogP contribution in [-0.4, -0.2) is 28.7 Å². The number of amides is 2. The van der Waals surface area contributed by atoms with Gasteiger partial charge in [-0.1, -0.05) is 39.7 Å². The first-order chi connectivity index (χ1) is 14.5. The van der Waals surface area contributed by atoms with Crippen LogP contribution in [0.1, 0.15) is 18.2 Å². The summed E-state index contributed by atoms with van der Waals surface area (Å²) in [5.41, 5.74) is 2.95. The maximum Gasteiger partial charge on any atom is 0.251 e. The first-order valence-electron chi connectivity index (χ1n) is 9.19. The zero-order chi connectivity index (χ0) is 21.3. The van der Waals surface area contributed by atoms with Gasteiger partial charge in [0.15, 0.2) is 0 Å². The summed E-state index contributed by atoms with van der Waals surface area (Å²) < 4.78 is 7.77. The monoisotopic (exact) mass is 488 g/mol. The number of fused-ring (bicyclic) bond motifs is 1. The number of benzene rings is 2. The van der Waals surface area contributed by atoms with E-state index in [2.05, 4.69) is 31.7 Å². The van der Waals surface area contributed by atoms with Crippen LogP contribution in [0.4, 0.5) is 11.5 Å². The number of aromatic nitrogens is 2. The Kier molecular flexibility index (Phi) is 5.90. The van der Waals surface area contributed by atoms with Crippen molar-refractivity contribution in [1.29, 1.82) is 0 Å². The van der Waals surface area contributed by atoms with Crippen LogP contribution < -0.4 is 10.6 Å². The Balaban J connectivity index is 1.61. The molecule has 7 nitrogen and oxygen atoms in total. The average molecular weight is 490 g/mol. The van der Waals surface area contributed by atoms with Crippen molar-refractivity contribution in [3.05, 3.63) is 63.7 Å². The van der Waals surface area contributed by atoms with Crippen molar-refractivity contribution in [1.82, 2.24) is 9.78 Å². The zero-order valence-electron chi connectivity index (χ0n) is 16.0.